The predicted octanol–water partition coefficient (Wildman–Crippen LogP) is 2.77. The monoisotopic (exact) mass is 289 g/mol. The summed E-state index contributed by atoms with van der Waals surface area (Å²) < 4.78 is 1.84. The van der Waals surface area contributed by atoms with Gasteiger partial charge in [0.25, 0.3) is 0 Å². The first kappa shape index (κ1) is 12.8. The van der Waals surface area contributed by atoms with E-state index in [4.69, 9.17) is 5.26 Å². The number of hydrogen-bond donors (Lipinski definition) is 1. The molecule has 0 bridgehead atoms. The van der Waals surface area contributed by atoms with Crippen LogP contribution >= 0.6 is 0 Å². The first-order chi connectivity index (χ1) is 10.8. The highest BCUT2D eigenvalue weighted by atomic mass is 15.3. The zero-order valence-electron chi connectivity index (χ0n) is 12.0. The van der Waals surface area contributed by atoms with Crippen LogP contribution in [0.3, 0.4) is 0 Å². The highest BCUT2D eigenvalue weighted by molar-refractivity contribution is 5.51. The van der Waals surface area contributed by atoms with Gasteiger partial charge in [-0.1, -0.05) is 12.1 Å². The van der Waals surface area contributed by atoms with Gasteiger partial charge in [0.15, 0.2) is 5.65 Å². The van der Waals surface area contributed by atoms with Gasteiger partial charge in [-0.3, -0.25) is 0 Å². The Hall–Kier alpha value is -2.87. The summed E-state index contributed by atoms with van der Waals surface area (Å²) in [7, 11) is 0. The Balaban J connectivity index is 1.69. The van der Waals surface area contributed by atoms with Crippen molar-refractivity contribution in [3.8, 4) is 6.07 Å². The van der Waals surface area contributed by atoms with Crippen LogP contribution in [0.4, 0.5) is 5.82 Å². The molecular formula is C17H15N5. The molecule has 1 N–H and O–H groups in total. The summed E-state index contributed by atoms with van der Waals surface area (Å²) in [5.74, 6) is 0.990. The molecule has 5 nitrogen and oxygen atoms in total. The highest BCUT2D eigenvalue weighted by Crippen LogP contribution is 2.25. The van der Waals surface area contributed by atoms with Crippen LogP contribution in [-0.2, 0) is 6.42 Å². The zero-order valence-corrected chi connectivity index (χ0v) is 12.0. The van der Waals surface area contributed by atoms with Crippen molar-refractivity contribution in [2.75, 3.05) is 5.32 Å². The van der Waals surface area contributed by atoms with E-state index in [9.17, 15) is 0 Å². The molecule has 0 saturated heterocycles. The summed E-state index contributed by atoms with van der Waals surface area (Å²) in [5, 5.41) is 16.8. The number of anilines is 1. The molecule has 2 aromatic heterocycles. The first-order valence-electron chi connectivity index (χ1n) is 7.41. The van der Waals surface area contributed by atoms with Crippen molar-refractivity contribution in [1.29, 1.82) is 5.26 Å². The Bertz CT molecular complexity index is 870. The summed E-state index contributed by atoms with van der Waals surface area (Å²) in [6.45, 7) is 0. The molecule has 22 heavy (non-hydrogen) atoms. The van der Waals surface area contributed by atoms with Gasteiger partial charge in [-0.15, -0.1) is 0 Å². The molecule has 4 rings (SSSR count). The number of nitrogens with zero attached hydrogens (tertiary/aromatic N) is 4. The van der Waals surface area contributed by atoms with Crippen molar-refractivity contribution >= 4 is 11.5 Å². The van der Waals surface area contributed by atoms with E-state index in [1.165, 1.54) is 12.8 Å². The number of aromatic nitrogens is 3. The van der Waals surface area contributed by atoms with Gasteiger partial charge in [-0.2, -0.15) is 14.9 Å². The lowest BCUT2D eigenvalue weighted by atomic mass is 10.1. The second-order valence-corrected chi connectivity index (χ2v) is 5.64. The molecule has 1 aromatic carbocycles. The smallest absolute Gasteiger partial charge is 0.157 e. The zero-order chi connectivity index (χ0) is 14.9. The highest BCUT2D eigenvalue weighted by Gasteiger charge is 2.22. The van der Waals surface area contributed by atoms with Gasteiger partial charge in [0.05, 0.1) is 23.5 Å². The fourth-order valence-electron chi connectivity index (χ4n) is 2.56. The third-order valence-corrected chi connectivity index (χ3v) is 3.78. The number of rotatable bonds is 4. The van der Waals surface area contributed by atoms with Gasteiger partial charge in [-0.25, -0.2) is 4.98 Å². The van der Waals surface area contributed by atoms with Crippen LogP contribution in [0, 0.1) is 11.3 Å². The lowest BCUT2D eigenvalue weighted by Crippen LogP contribution is -2.09. The third-order valence-electron chi connectivity index (χ3n) is 3.78. The Labute approximate surface area is 128 Å². The lowest BCUT2D eigenvalue weighted by molar-refractivity contribution is 0.907. The Morgan fingerprint density at radius 3 is 3.00 bits per heavy atom. The number of benzene rings is 1. The molecule has 0 aliphatic heterocycles. The molecule has 1 aliphatic rings. The maximum Gasteiger partial charge on any atom is 0.157 e. The quantitative estimate of drug-likeness (QED) is 0.802. The van der Waals surface area contributed by atoms with E-state index in [0.29, 0.717) is 18.0 Å². The molecule has 0 amide bonds. The predicted molar refractivity (Wildman–Crippen MR) is 83.6 cm³/mol. The SMILES string of the molecule is N#Cc1cccc(Cc2cc(NC3CC3)n3nccc3n2)c1. The van der Waals surface area contributed by atoms with Gasteiger partial charge < -0.3 is 5.32 Å². The summed E-state index contributed by atoms with van der Waals surface area (Å²) in [4.78, 5) is 4.65. The van der Waals surface area contributed by atoms with Crippen LogP contribution in [-0.4, -0.2) is 20.6 Å². The van der Waals surface area contributed by atoms with Gasteiger partial charge in [-0.05, 0) is 30.5 Å². The topological polar surface area (TPSA) is 66.0 Å². The molecular weight excluding hydrogens is 274 g/mol. The van der Waals surface area contributed by atoms with Crippen LogP contribution in [0.15, 0.2) is 42.6 Å². The van der Waals surface area contributed by atoms with E-state index in [0.717, 1.165) is 22.7 Å². The number of fused-ring (bicyclic) bond motifs is 1. The van der Waals surface area contributed by atoms with Crippen molar-refractivity contribution in [3.05, 3.63) is 59.4 Å². The normalized spacial score (nSPS) is 14.0. The van der Waals surface area contributed by atoms with Crippen LogP contribution in [0.2, 0.25) is 0 Å². The Morgan fingerprint density at radius 2 is 2.18 bits per heavy atom. The summed E-state index contributed by atoms with van der Waals surface area (Å²) in [5.41, 5.74) is 3.59. The van der Waals surface area contributed by atoms with Crippen molar-refractivity contribution < 1.29 is 0 Å². The van der Waals surface area contributed by atoms with Crippen molar-refractivity contribution in [3.63, 3.8) is 0 Å². The van der Waals surface area contributed by atoms with Crippen molar-refractivity contribution in [2.45, 2.75) is 25.3 Å². The summed E-state index contributed by atoms with van der Waals surface area (Å²) >= 11 is 0. The average Bonchev–Trinajstić information content (AvgIpc) is 3.21. The second-order valence-electron chi connectivity index (χ2n) is 5.64. The van der Waals surface area contributed by atoms with Crippen LogP contribution in [0.25, 0.3) is 5.65 Å². The summed E-state index contributed by atoms with van der Waals surface area (Å²) in [6.07, 6.45) is 4.90. The molecule has 2 heterocycles. The maximum absolute atomic E-state index is 9.00. The van der Waals surface area contributed by atoms with E-state index in [-0.39, 0.29) is 0 Å². The number of nitrogens with one attached hydrogen (secondary N) is 1. The molecule has 0 unspecified atom stereocenters. The fourth-order valence-corrected chi connectivity index (χ4v) is 2.56. The number of hydrogen-bond acceptors (Lipinski definition) is 4. The molecule has 3 aromatic rings. The summed E-state index contributed by atoms with van der Waals surface area (Å²) in [6, 6.07) is 14.4. The fraction of sp³-hybridized carbons (Fsp3) is 0.235. The number of nitriles is 1. The average molecular weight is 289 g/mol. The van der Waals surface area contributed by atoms with Gasteiger partial charge in [0.2, 0.25) is 0 Å². The Morgan fingerprint density at radius 1 is 1.27 bits per heavy atom. The van der Waals surface area contributed by atoms with Crippen LogP contribution < -0.4 is 5.32 Å². The molecule has 0 atom stereocenters. The molecule has 1 aliphatic carbocycles. The van der Waals surface area contributed by atoms with E-state index in [2.05, 4.69) is 27.5 Å². The minimum atomic E-state index is 0.560. The lowest BCUT2D eigenvalue weighted by Gasteiger charge is -2.10. The van der Waals surface area contributed by atoms with Gasteiger partial charge in [0.1, 0.15) is 5.82 Å². The Kier molecular flexibility index (Phi) is 3.01. The first-order valence-corrected chi connectivity index (χ1v) is 7.41. The molecule has 0 spiro atoms. The second kappa shape index (κ2) is 5.15. The van der Waals surface area contributed by atoms with Crippen LogP contribution in [0.1, 0.15) is 29.7 Å². The maximum atomic E-state index is 9.00. The van der Waals surface area contributed by atoms with Crippen molar-refractivity contribution in [1.82, 2.24) is 14.6 Å². The van der Waals surface area contributed by atoms with Crippen LogP contribution in [0.5, 0.6) is 0 Å². The van der Waals surface area contributed by atoms with E-state index in [1.54, 1.807) is 6.20 Å². The standard InChI is InChI=1S/C17H15N5/c18-11-13-3-1-2-12(8-13)9-15-10-17(20-14-4-5-14)22-16(21-15)6-7-19-22/h1-3,6-8,10,14,20H,4-5,9H2. The molecule has 5 heteroatoms. The molecule has 1 fully saturated rings. The van der Waals surface area contributed by atoms with E-state index >= 15 is 0 Å². The van der Waals surface area contributed by atoms with E-state index < -0.39 is 0 Å². The largest absolute Gasteiger partial charge is 0.367 e. The molecule has 108 valence electrons. The minimum Gasteiger partial charge on any atom is -0.367 e. The van der Waals surface area contributed by atoms with Gasteiger partial charge >= 0.3 is 0 Å². The van der Waals surface area contributed by atoms with Gasteiger partial charge in [0, 0.05) is 24.6 Å². The van der Waals surface area contributed by atoms with E-state index in [1.807, 2.05) is 34.8 Å². The molecule has 1 saturated carbocycles. The van der Waals surface area contributed by atoms with Crippen molar-refractivity contribution in [2.24, 2.45) is 0 Å². The molecule has 0 radical (unpaired) electrons. The third kappa shape index (κ3) is 2.51. The minimum absolute atomic E-state index is 0.560.